The highest BCUT2D eigenvalue weighted by molar-refractivity contribution is 5.79. The molecule has 0 saturated carbocycles. The first kappa shape index (κ1) is 16.9. The van der Waals surface area contributed by atoms with Crippen molar-refractivity contribution in [2.75, 3.05) is 0 Å². The number of phenols is 1. The summed E-state index contributed by atoms with van der Waals surface area (Å²) in [4.78, 5) is 12.0. The maximum absolute atomic E-state index is 12.7. The molecule has 0 bridgehead atoms. The van der Waals surface area contributed by atoms with Gasteiger partial charge in [0, 0.05) is 5.56 Å². The number of aromatic hydroxyl groups is 1. The molecule has 0 aromatic heterocycles. The molecule has 1 atom stereocenters. The second kappa shape index (κ2) is 6.73. The average molecular weight is 323 g/mol. The normalized spacial score (nSPS) is 12.7. The highest BCUT2D eigenvalue weighted by Crippen LogP contribution is 2.30. The summed E-state index contributed by atoms with van der Waals surface area (Å²) in [7, 11) is 0. The van der Waals surface area contributed by atoms with Gasteiger partial charge in [0.25, 0.3) is 0 Å². The highest BCUT2D eigenvalue weighted by Gasteiger charge is 2.30. The molecule has 0 radical (unpaired) electrons. The average Bonchev–Trinajstić information content (AvgIpc) is 2.49. The number of hydrogen-bond acceptors (Lipinski definition) is 2. The van der Waals surface area contributed by atoms with E-state index in [1.54, 1.807) is 25.1 Å². The summed E-state index contributed by atoms with van der Waals surface area (Å²) in [5.74, 6) is -0.370. The molecule has 6 heteroatoms. The third kappa shape index (κ3) is 4.48. The lowest BCUT2D eigenvalue weighted by Gasteiger charge is -2.16. The lowest BCUT2D eigenvalue weighted by molar-refractivity contribution is -0.137. The van der Waals surface area contributed by atoms with E-state index in [-0.39, 0.29) is 18.1 Å². The zero-order chi connectivity index (χ0) is 17.0. The molecule has 0 aliphatic carbocycles. The Kier molecular flexibility index (Phi) is 4.93. The second-order valence-electron chi connectivity index (χ2n) is 5.22. The molecule has 0 saturated heterocycles. The van der Waals surface area contributed by atoms with Gasteiger partial charge in [-0.15, -0.1) is 0 Å². The van der Waals surface area contributed by atoms with Crippen LogP contribution in [0.3, 0.4) is 0 Å². The number of hydrogen-bond donors (Lipinski definition) is 2. The third-order valence-corrected chi connectivity index (χ3v) is 3.43. The number of nitrogens with one attached hydrogen (secondary N) is 1. The number of benzene rings is 2. The van der Waals surface area contributed by atoms with E-state index < -0.39 is 17.8 Å². The van der Waals surface area contributed by atoms with E-state index in [1.807, 2.05) is 0 Å². The van der Waals surface area contributed by atoms with Crippen LogP contribution in [0.1, 0.15) is 29.7 Å². The lowest BCUT2D eigenvalue weighted by atomic mass is 10.0. The van der Waals surface area contributed by atoms with Gasteiger partial charge in [-0.2, -0.15) is 13.2 Å². The monoisotopic (exact) mass is 323 g/mol. The van der Waals surface area contributed by atoms with E-state index in [2.05, 4.69) is 5.32 Å². The van der Waals surface area contributed by atoms with Gasteiger partial charge < -0.3 is 10.4 Å². The van der Waals surface area contributed by atoms with Crippen LogP contribution in [-0.4, -0.2) is 11.0 Å². The molecule has 2 N–H and O–H groups in total. The smallest absolute Gasteiger partial charge is 0.416 e. The van der Waals surface area contributed by atoms with Gasteiger partial charge in [0.05, 0.1) is 18.0 Å². The summed E-state index contributed by atoms with van der Waals surface area (Å²) in [6.45, 7) is 1.61. The zero-order valence-corrected chi connectivity index (χ0v) is 12.4. The lowest BCUT2D eigenvalue weighted by Crippen LogP contribution is -2.28. The first-order valence-corrected chi connectivity index (χ1v) is 7.01. The molecule has 0 aliphatic rings. The van der Waals surface area contributed by atoms with Crippen molar-refractivity contribution in [3.63, 3.8) is 0 Å². The summed E-state index contributed by atoms with van der Waals surface area (Å²) in [5, 5.41) is 12.3. The van der Waals surface area contributed by atoms with E-state index in [0.717, 1.165) is 12.1 Å². The SMILES string of the molecule is CC(NC(=O)Cc1ccccc1O)c1cccc(C(F)(F)F)c1. The van der Waals surface area contributed by atoms with Crippen molar-refractivity contribution in [3.05, 3.63) is 65.2 Å². The van der Waals surface area contributed by atoms with Crippen LogP contribution in [0.25, 0.3) is 0 Å². The number of para-hydroxylation sites is 1. The van der Waals surface area contributed by atoms with E-state index in [0.29, 0.717) is 11.1 Å². The molecule has 0 spiro atoms. The van der Waals surface area contributed by atoms with Crippen molar-refractivity contribution in [1.82, 2.24) is 5.32 Å². The van der Waals surface area contributed by atoms with Crippen LogP contribution >= 0.6 is 0 Å². The molecule has 2 rings (SSSR count). The van der Waals surface area contributed by atoms with Gasteiger partial charge in [-0.1, -0.05) is 30.3 Å². The molecular weight excluding hydrogens is 307 g/mol. The fraction of sp³-hybridized carbons (Fsp3) is 0.235. The van der Waals surface area contributed by atoms with Crippen molar-refractivity contribution in [2.45, 2.75) is 25.6 Å². The van der Waals surface area contributed by atoms with Crippen molar-refractivity contribution < 1.29 is 23.1 Å². The number of carbonyl (C=O) groups is 1. The van der Waals surface area contributed by atoms with Crippen LogP contribution in [0.5, 0.6) is 5.75 Å². The highest BCUT2D eigenvalue weighted by atomic mass is 19.4. The summed E-state index contributed by atoms with van der Waals surface area (Å²) in [6, 6.07) is 10.7. The molecule has 0 aliphatic heterocycles. The fourth-order valence-electron chi connectivity index (χ4n) is 2.19. The second-order valence-corrected chi connectivity index (χ2v) is 5.22. The molecule has 23 heavy (non-hydrogen) atoms. The minimum Gasteiger partial charge on any atom is -0.508 e. The summed E-state index contributed by atoms with van der Waals surface area (Å²) in [6.07, 6.45) is -4.47. The van der Waals surface area contributed by atoms with Gasteiger partial charge in [-0.25, -0.2) is 0 Å². The van der Waals surface area contributed by atoms with Gasteiger partial charge in [-0.3, -0.25) is 4.79 Å². The Bertz CT molecular complexity index is 698. The Morgan fingerprint density at radius 1 is 1.17 bits per heavy atom. The Hall–Kier alpha value is -2.50. The van der Waals surface area contributed by atoms with Crippen LogP contribution in [0, 0.1) is 0 Å². The van der Waals surface area contributed by atoms with Gasteiger partial charge >= 0.3 is 6.18 Å². The quantitative estimate of drug-likeness (QED) is 0.898. The van der Waals surface area contributed by atoms with Gasteiger partial charge in [0.2, 0.25) is 5.91 Å². The molecule has 2 aromatic rings. The Labute approximate surface area is 131 Å². The van der Waals surface area contributed by atoms with E-state index >= 15 is 0 Å². The molecule has 3 nitrogen and oxygen atoms in total. The number of halogens is 3. The van der Waals surface area contributed by atoms with Crippen molar-refractivity contribution in [1.29, 1.82) is 0 Å². The number of amides is 1. The largest absolute Gasteiger partial charge is 0.508 e. The molecule has 1 unspecified atom stereocenters. The van der Waals surface area contributed by atoms with Gasteiger partial charge in [0.1, 0.15) is 5.75 Å². The minimum absolute atomic E-state index is 0.00868. The zero-order valence-electron chi connectivity index (χ0n) is 12.4. The van der Waals surface area contributed by atoms with Crippen LogP contribution in [0.4, 0.5) is 13.2 Å². The molecule has 0 heterocycles. The predicted molar refractivity (Wildman–Crippen MR) is 79.8 cm³/mol. The number of carbonyl (C=O) groups excluding carboxylic acids is 1. The Morgan fingerprint density at radius 3 is 2.52 bits per heavy atom. The van der Waals surface area contributed by atoms with Crippen molar-refractivity contribution >= 4 is 5.91 Å². The molecular formula is C17H16F3NO2. The fourth-order valence-corrected chi connectivity index (χ4v) is 2.19. The third-order valence-electron chi connectivity index (χ3n) is 3.43. The van der Waals surface area contributed by atoms with E-state index in [9.17, 15) is 23.1 Å². The Balaban J connectivity index is 2.06. The van der Waals surface area contributed by atoms with Crippen molar-refractivity contribution in [2.24, 2.45) is 0 Å². The topological polar surface area (TPSA) is 49.3 Å². The van der Waals surface area contributed by atoms with Gasteiger partial charge in [0.15, 0.2) is 0 Å². The molecule has 2 aromatic carbocycles. The molecule has 1 amide bonds. The van der Waals surface area contributed by atoms with Crippen molar-refractivity contribution in [3.8, 4) is 5.75 Å². The first-order valence-electron chi connectivity index (χ1n) is 7.01. The maximum atomic E-state index is 12.7. The summed E-state index contributed by atoms with van der Waals surface area (Å²) >= 11 is 0. The Morgan fingerprint density at radius 2 is 1.87 bits per heavy atom. The van der Waals surface area contributed by atoms with Crippen LogP contribution < -0.4 is 5.32 Å². The standard InChI is InChI=1S/C17H16F3NO2/c1-11(12-6-4-7-14(9-12)17(18,19)20)21-16(23)10-13-5-2-3-8-15(13)22/h2-9,11,22H,10H2,1H3,(H,21,23). The number of alkyl halides is 3. The van der Waals surface area contributed by atoms with Gasteiger partial charge in [-0.05, 0) is 30.7 Å². The maximum Gasteiger partial charge on any atom is 0.416 e. The predicted octanol–water partition coefficient (Wildman–Crippen LogP) is 3.83. The summed E-state index contributed by atoms with van der Waals surface area (Å²) < 4.78 is 38.1. The van der Waals surface area contributed by atoms with E-state index in [4.69, 9.17) is 0 Å². The summed E-state index contributed by atoms with van der Waals surface area (Å²) in [5.41, 5.74) is 0.0727. The molecule has 0 fully saturated rings. The number of phenolic OH excluding ortho intramolecular Hbond substituents is 1. The van der Waals surface area contributed by atoms with Crippen LogP contribution in [-0.2, 0) is 17.4 Å². The minimum atomic E-state index is -4.42. The first-order chi connectivity index (χ1) is 10.8. The van der Waals surface area contributed by atoms with E-state index in [1.165, 1.54) is 18.2 Å². The number of rotatable bonds is 4. The van der Waals surface area contributed by atoms with Crippen LogP contribution in [0.15, 0.2) is 48.5 Å². The molecule has 122 valence electrons. The van der Waals surface area contributed by atoms with Crippen LogP contribution in [0.2, 0.25) is 0 Å².